The number of carbonyl (C=O) groups excluding carboxylic acids is 1. The second-order valence-corrected chi connectivity index (χ2v) is 8.83. The zero-order valence-electron chi connectivity index (χ0n) is 17.7. The van der Waals surface area contributed by atoms with Gasteiger partial charge in [0.1, 0.15) is 11.4 Å². The lowest BCUT2D eigenvalue weighted by molar-refractivity contribution is -0.118. The number of rotatable bonds is 5. The smallest absolute Gasteiger partial charge is 0.274 e. The summed E-state index contributed by atoms with van der Waals surface area (Å²) in [5, 5.41) is 2.74. The minimum Gasteiger partial charge on any atom is -0.484 e. The molecule has 2 aromatic rings. The van der Waals surface area contributed by atoms with Crippen molar-refractivity contribution < 1.29 is 14.3 Å². The number of anilines is 1. The van der Waals surface area contributed by atoms with Gasteiger partial charge in [-0.15, -0.1) is 0 Å². The molecule has 1 amide bonds. The third-order valence-corrected chi connectivity index (χ3v) is 6.73. The van der Waals surface area contributed by atoms with Gasteiger partial charge in [0.15, 0.2) is 6.61 Å². The van der Waals surface area contributed by atoms with Crippen molar-refractivity contribution in [1.82, 2.24) is 9.47 Å². The highest BCUT2D eigenvalue weighted by Gasteiger charge is 2.37. The summed E-state index contributed by atoms with van der Waals surface area (Å²) in [7, 11) is 0. The quantitative estimate of drug-likeness (QED) is 0.800. The van der Waals surface area contributed by atoms with E-state index in [-0.39, 0.29) is 18.1 Å². The number of amides is 1. The Kier molecular flexibility index (Phi) is 5.78. The number of ether oxygens (including phenoxy) is 2. The summed E-state index contributed by atoms with van der Waals surface area (Å²) in [6.07, 6.45) is 3.33. The monoisotopic (exact) mass is 423 g/mol. The van der Waals surface area contributed by atoms with Gasteiger partial charge in [0, 0.05) is 50.5 Å². The number of pyridine rings is 1. The van der Waals surface area contributed by atoms with E-state index in [4.69, 9.17) is 9.47 Å². The van der Waals surface area contributed by atoms with E-state index < -0.39 is 0 Å². The van der Waals surface area contributed by atoms with E-state index in [0.717, 1.165) is 51.3 Å². The van der Waals surface area contributed by atoms with Gasteiger partial charge in [-0.05, 0) is 49.4 Å². The summed E-state index contributed by atoms with van der Waals surface area (Å²) < 4.78 is 12.9. The maximum Gasteiger partial charge on any atom is 0.274 e. The minimum atomic E-state index is -0.330. The summed E-state index contributed by atoms with van der Waals surface area (Å²) >= 11 is 0. The molecule has 164 valence electrons. The molecule has 2 fully saturated rings. The maximum atomic E-state index is 13.1. The van der Waals surface area contributed by atoms with Crippen LogP contribution in [0.2, 0.25) is 0 Å². The van der Waals surface area contributed by atoms with Gasteiger partial charge in [0.2, 0.25) is 0 Å². The van der Waals surface area contributed by atoms with Crippen LogP contribution in [0.25, 0.3) is 0 Å². The van der Waals surface area contributed by atoms with Crippen LogP contribution in [0.4, 0.5) is 5.69 Å². The molecule has 31 heavy (non-hydrogen) atoms. The average Bonchev–Trinajstić information content (AvgIpc) is 2.81. The summed E-state index contributed by atoms with van der Waals surface area (Å²) in [5.41, 5.74) is 1.31. The van der Waals surface area contributed by atoms with Crippen LogP contribution in [-0.2, 0) is 16.1 Å². The number of nitrogens with one attached hydrogen (secondary N) is 1. The van der Waals surface area contributed by atoms with Crippen molar-refractivity contribution >= 4 is 11.6 Å². The molecule has 1 aromatic heterocycles. The van der Waals surface area contributed by atoms with Crippen molar-refractivity contribution in [2.75, 3.05) is 38.2 Å². The molecule has 7 heteroatoms. The van der Waals surface area contributed by atoms with E-state index >= 15 is 0 Å². The Labute approximate surface area is 182 Å². The Morgan fingerprint density at radius 2 is 1.87 bits per heavy atom. The Bertz CT molecular complexity index is 984. The van der Waals surface area contributed by atoms with Crippen LogP contribution in [0.1, 0.15) is 30.9 Å². The summed E-state index contributed by atoms with van der Waals surface area (Å²) in [6.45, 7) is 4.32. The molecule has 5 rings (SSSR count). The fraction of sp³-hybridized carbons (Fsp3) is 0.500. The van der Waals surface area contributed by atoms with Crippen molar-refractivity contribution in [3.05, 3.63) is 58.5 Å². The Morgan fingerprint density at radius 3 is 2.68 bits per heavy atom. The molecule has 7 nitrogen and oxygen atoms in total. The van der Waals surface area contributed by atoms with E-state index in [1.165, 1.54) is 0 Å². The molecule has 0 unspecified atom stereocenters. The first-order valence-electron chi connectivity index (χ1n) is 11.2. The standard InChI is InChI=1S/C24H29N3O4/c28-23(16-31-20-4-2-1-3-5-20)25-21-6-7-22-18-12-17(14-27(22)24(21)29)13-26(15-18)19-8-10-30-11-9-19/h1-7,17-19H,8-16H2,(H,25,28)/t17-,18+/m0/s1. The summed E-state index contributed by atoms with van der Waals surface area (Å²) in [4.78, 5) is 28.1. The van der Waals surface area contributed by atoms with E-state index in [0.29, 0.717) is 35.9 Å². The zero-order chi connectivity index (χ0) is 21.2. The molecule has 0 spiro atoms. The predicted octanol–water partition coefficient (Wildman–Crippen LogP) is 2.46. The molecule has 3 aliphatic rings. The van der Waals surface area contributed by atoms with Crippen molar-refractivity contribution in [1.29, 1.82) is 0 Å². The molecular weight excluding hydrogens is 394 g/mol. The molecule has 2 atom stereocenters. The van der Waals surface area contributed by atoms with Crippen LogP contribution < -0.4 is 15.6 Å². The normalized spacial score (nSPS) is 23.7. The molecule has 2 saturated heterocycles. The molecule has 2 bridgehead atoms. The molecule has 4 heterocycles. The lowest BCUT2D eigenvalue weighted by atomic mass is 9.82. The van der Waals surface area contributed by atoms with Crippen molar-refractivity contribution in [2.45, 2.75) is 37.8 Å². The topological polar surface area (TPSA) is 72.8 Å². The van der Waals surface area contributed by atoms with E-state index in [1.54, 1.807) is 18.2 Å². The maximum absolute atomic E-state index is 13.1. The first-order chi connectivity index (χ1) is 15.2. The number of fused-ring (bicyclic) bond motifs is 4. The molecule has 0 radical (unpaired) electrons. The second-order valence-electron chi connectivity index (χ2n) is 8.83. The summed E-state index contributed by atoms with van der Waals surface area (Å²) in [6, 6.07) is 13.5. The third-order valence-electron chi connectivity index (χ3n) is 6.73. The van der Waals surface area contributed by atoms with Gasteiger partial charge >= 0.3 is 0 Å². The SMILES string of the molecule is O=C(COc1ccccc1)Nc1ccc2n(c1=O)C[C@H]1C[C@@H]2CN(C2CCOCC2)C1. The number of benzene rings is 1. The van der Waals surface area contributed by atoms with Gasteiger partial charge < -0.3 is 19.4 Å². The van der Waals surface area contributed by atoms with Gasteiger partial charge in [0.25, 0.3) is 11.5 Å². The highest BCUT2D eigenvalue weighted by atomic mass is 16.5. The highest BCUT2D eigenvalue weighted by Crippen LogP contribution is 2.37. The number of para-hydroxylation sites is 1. The number of carbonyl (C=O) groups is 1. The molecule has 0 saturated carbocycles. The van der Waals surface area contributed by atoms with E-state index in [1.807, 2.05) is 28.8 Å². The van der Waals surface area contributed by atoms with Gasteiger partial charge in [-0.25, -0.2) is 0 Å². The third kappa shape index (κ3) is 4.38. The van der Waals surface area contributed by atoms with Crippen molar-refractivity contribution in [3.63, 3.8) is 0 Å². The fourth-order valence-electron chi connectivity index (χ4n) is 5.28. The predicted molar refractivity (Wildman–Crippen MR) is 118 cm³/mol. The largest absolute Gasteiger partial charge is 0.484 e. The average molecular weight is 424 g/mol. The molecule has 0 aliphatic carbocycles. The summed E-state index contributed by atoms with van der Waals surface area (Å²) in [5.74, 6) is 1.14. The van der Waals surface area contributed by atoms with E-state index in [2.05, 4.69) is 10.2 Å². The highest BCUT2D eigenvalue weighted by molar-refractivity contribution is 5.91. The van der Waals surface area contributed by atoms with Gasteiger partial charge in [-0.3, -0.25) is 14.5 Å². The minimum absolute atomic E-state index is 0.111. The fourth-order valence-corrected chi connectivity index (χ4v) is 5.28. The van der Waals surface area contributed by atoms with Crippen LogP contribution in [0.3, 0.4) is 0 Å². The van der Waals surface area contributed by atoms with Crippen LogP contribution >= 0.6 is 0 Å². The zero-order valence-corrected chi connectivity index (χ0v) is 17.7. The molecule has 1 N–H and O–H groups in total. The molecule has 1 aromatic carbocycles. The Morgan fingerprint density at radius 1 is 1.06 bits per heavy atom. The van der Waals surface area contributed by atoms with Crippen molar-refractivity contribution in [3.8, 4) is 5.75 Å². The number of hydrogen-bond donors (Lipinski definition) is 1. The first-order valence-corrected chi connectivity index (χ1v) is 11.2. The van der Waals surface area contributed by atoms with Crippen LogP contribution in [-0.4, -0.2) is 54.3 Å². The number of nitrogens with zero attached hydrogens (tertiary/aromatic N) is 2. The number of likely N-dealkylation sites (tertiary alicyclic amines) is 1. The first kappa shape index (κ1) is 20.3. The molecule has 3 aliphatic heterocycles. The number of piperidine rings is 1. The second kappa shape index (κ2) is 8.85. The van der Waals surface area contributed by atoms with E-state index in [9.17, 15) is 9.59 Å². The van der Waals surface area contributed by atoms with Crippen LogP contribution in [0.5, 0.6) is 5.75 Å². The van der Waals surface area contributed by atoms with Gasteiger partial charge in [-0.1, -0.05) is 18.2 Å². The lowest BCUT2D eigenvalue weighted by Crippen LogP contribution is -2.51. The number of hydrogen-bond acceptors (Lipinski definition) is 5. The van der Waals surface area contributed by atoms with Gasteiger partial charge in [-0.2, -0.15) is 0 Å². The van der Waals surface area contributed by atoms with Crippen molar-refractivity contribution in [2.24, 2.45) is 5.92 Å². The molecular formula is C24H29N3O4. The Hall–Kier alpha value is -2.64. The van der Waals surface area contributed by atoms with Crippen LogP contribution in [0.15, 0.2) is 47.3 Å². The van der Waals surface area contributed by atoms with Crippen LogP contribution in [0, 0.1) is 5.92 Å². The lowest BCUT2D eigenvalue weighted by Gasteiger charge is -2.46. The Balaban J connectivity index is 1.27. The number of aromatic nitrogens is 1. The van der Waals surface area contributed by atoms with Gasteiger partial charge in [0.05, 0.1) is 0 Å².